The van der Waals surface area contributed by atoms with Crippen LogP contribution >= 0.6 is 0 Å². The fourth-order valence-electron chi connectivity index (χ4n) is 2.74. The summed E-state index contributed by atoms with van der Waals surface area (Å²) in [5, 5.41) is 5.97. The Bertz CT molecular complexity index is 747. The first-order valence-electron chi connectivity index (χ1n) is 7.27. The number of aryl methyl sites for hydroxylation is 1. The first-order valence-corrected chi connectivity index (χ1v) is 7.27. The summed E-state index contributed by atoms with van der Waals surface area (Å²) in [5.74, 6) is 0. The number of nitrogens with one attached hydrogen (secondary N) is 1. The van der Waals surface area contributed by atoms with E-state index in [-0.39, 0.29) is 6.04 Å². The minimum Gasteiger partial charge on any atom is -0.306 e. The number of pyridine rings is 2. The van der Waals surface area contributed by atoms with E-state index < -0.39 is 0 Å². The summed E-state index contributed by atoms with van der Waals surface area (Å²) in [6.45, 7) is 5.14. The minimum atomic E-state index is 0.113. The van der Waals surface area contributed by atoms with Crippen molar-refractivity contribution in [3.63, 3.8) is 0 Å². The van der Waals surface area contributed by atoms with Gasteiger partial charge >= 0.3 is 0 Å². The van der Waals surface area contributed by atoms with Crippen LogP contribution in [0.2, 0.25) is 0 Å². The third-order valence-electron chi connectivity index (χ3n) is 3.81. The smallest absolute Gasteiger partial charge is 0.0615 e. The van der Waals surface area contributed by atoms with Gasteiger partial charge in [0.1, 0.15) is 0 Å². The minimum absolute atomic E-state index is 0.113. The number of hydrogen-bond acceptors (Lipinski definition) is 3. The Kier molecular flexibility index (Phi) is 3.93. The van der Waals surface area contributed by atoms with E-state index in [0.29, 0.717) is 0 Å². The second-order valence-electron chi connectivity index (χ2n) is 5.17. The van der Waals surface area contributed by atoms with Crippen molar-refractivity contribution in [3.8, 4) is 0 Å². The van der Waals surface area contributed by atoms with Crippen LogP contribution in [-0.2, 0) is 0 Å². The maximum Gasteiger partial charge on any atom is 0.0615 e. The van der Waals surface area contributed by atoms with Gasteiger partial charge in [0, 0.05) is 30.2 Å². The van der Waals surface area contributed by atoms with Gasteiger partial charge in [-0.15, -0.1) is 0 Å². The molecule has 0 spiro atoms. The van der Waals surface area contributed by atoms with Gasteiger partial charge < -0.3 is 5.32 Å². The molecular formula is C18H19N3. The topological polar surface area (TPSA) is 37.8 Å². The number of hydrogen-bond donors (Lipinski definition) is 1. The summed E-state index contributed by atoms with van der Waals surface area (Å²) < 4.78 is 0. The van der Waals surface area contributed by atoms with Gasteiger partial charge in [-0.05, 0) is 41.6 Å². The van der Waals surface area contributed by atoms with Gasteiger partial charge in [-0.3, -0.25) is 9.97 Å². The first kappa shape index (κ1) is 13.7. The van der Waals surface area contributed by atoms with E-state index in [1.807, 2.05) is 30.9 Å². The Morgan fingerprint density at radius 1 is 1.00 bits per heavy atom. The molecule has 2 heterocycles. The highest BCUT2D eigenvalue weighted by Gasteiger charge is 2.17. The van der Waals surface area contributed by atoms with Crippen LogP contribution in [0.4, 0.5) is 0 Å². The maximum absolute atomic E-state index is 4.41. The van der Waals surface area contributed by atoms with Crippen LogP contribution in [0.25, 0.3) is 10.8 Å². The van der Waals surface area contributed by atoms with Gasteiger partial charge in [-0.25, -0.2) is 0 Å². The SMILES string of the molecule is CCNC(c1cnccc1C)c1cncc2ccccc12. The predicted molar refractivity (Wildman–Crippen MR) is 86.2 cm³/mol. The van der Waals surface area contributed by atoms with E-state index in [1.165, 1.54) is 27.5 Å². The maximum atomic E-state index is 4.41. The second kappa shape index (κ2) is 6.02. The largest absolute Gasteiger partial charge is 0.306 e. The predicted octanol–water partition coefficient (Wildman–Crippen LogP) is 3.64. The quantitative estimate of drug-likeness (QED) is 0.791. The lowest BCUT2D eigenvalue weighted by Gasteiger charge is -2.21. The van der Waals surface area contributed by atoms with Crippen molar-refractivity contribution in [2.24, 2.45) is 0 Å². The first-order chi connectivity index (χ1) is 10.3. The molecule has 0 saturated heterocycles. The van der Waals surface area contributed by atoms with Crippen molar-refractivity contribution >= 4 is 10.8 Å². The molecule has 0 aliphatic rings. The van der Waals surface area contributed by atoms with E-state index in [2.05, 4.69) is 53.4 Å². The molecule has 3 aromatic rings. The summed E-state index contributed by atoms with van der Waals surface area (Å²) in [5.41, 5.74) is 3.65. The molecule has 3 nitrogen and oxygen atoms in total. The van der Waals surface area contributed by atoms with Crippen molar-refractivity contribution < 1.29 is 0 Å². The zero-order valence-electron chi connectivity index (χ0n) is 12.4. The number of rotatable bonds is 4. The molecule has 1 unspecified atom stereocenters. The Balaban J connectivity index is 2.19. The molecule has 1 N–H and O–H groups in total. The number of fused-ring (bicyclic) bond motifs is 1. The van der Waals surface area contributed by atoms with Gasteiger partial charge in [0.15, 0.2) is 0 Å². The Labute approximate surface area is 125 Å². The highest BCUT2D eigenvalue weighted by molar-refractivity contribution is 5.85. The highest BCUT2D eigenvalue weighted by Crippen LogP contribution is 2.29. The van der Waals surface area contributed by atoms with Crippen LogP contribution in [0.3, 0.4) is 0 Å². The zero-order chi connectivity index (χ0) is 14.7. The van der Waals surface area contributed by atoms with Crippen LogP contribution in [0.15, 0.2) is 55.1 Å². The zero-order valence-corrected chi connectivity index (χ0v) is 12.4. The summed E-state index contributed by atoms with van der Waals surface area (Å²) in [4.78, 5) is 8.70. The Morgan fingerprint density at radius 3 is 2.62 bits per heavy atom. The lowest BCUT2D eigenvalue weighted by atomic mass is 9.94. The molecule has 1 atom stereocenters. The average molecular weight is 277 g/mol. The molecule has 0 aliphatic carbocycles. The van der Waals surface area contributed by atoms with Gasteiger partial charge in [0.05, 0.1) is 6.04 Å². The molecule has 21 heavy (non-hydrogen) atoms. The van der Waals surface area contributed by atoms with Crippen molar-refractivity contribution in [2.45, 2.75) is 19.9 Å². The number of nitrogens with zero attached hydrogens (tertiary/aromatic N) is 2. The van der Waals surface area contributed by atoms with E-state index in [1.54, 1.807) is 0 Å². The van der Waals surface area contributed by atoms with Crippen molar-refractivity contribution in [1.82, 2.24) is 15.3 Å². The monoisotopic (exact) mass is 277 g/mol. The fraction of sp³-hybridized carbons (Fsp3) is 0.222. The molecule has 0 amide bonds. The van der Waals surface area contributed by atoms with Crippen LogP contribution in [0.1, 0.15) is 29.7 Å². The molecule has 0 saturated carbocycles. The molecule has 0 radical (unpaired) electrons. The van der Waals surface area contributed by atoms with Crippen LogP contribution < -0.4 is 5.32 Å². The lowest BCUT2D eigenvalue weighted by Crippen LogP contribution is -2.23. The van der Waals surface area contributed by atoms with Crippen molar-refractivity contribution in [2.75, 3.05) is 6.54 Å². The van der Waals surface area contributed by atoms with Crippen LogP contribution in [0, 0.1) is 6.92 Å². The summed E-state index contributed by atoms with van der Waals surface area (Å²) >= 11 is 0. The van der Waals surface area contributed by atoms with Crippen molar-refractivity contribution in [1.29, 1.82) is 0 Å². The second-order valence-corrected chi connectivity index (χ2v) is 5.17. The molecule has 3 heteroatoms. The molecule has 0 bridgehead atoms. The third-order valence-corrected chi connectivity index (χ3v) is 3.81. The van der Waals surface area contributed by atoms with Crippen molar-refractivity contribution in [3.05, 3.63) is 71.8 Å². The molecule has 1 aromatic carbocycles. The van der Waals surface area contributed by atoms with Crippen LogP contribution in [-0.4, -0.2) is 16.5 Å². The summed E-state index contributed by atoms with van der Waals surface area (Å²) in [6.07, 6.45) is 7.66. The van der Waals surface area contributed by atoms with E-state index in [9.17, 15) is 0 Å². The fourth-order valence-corrected chi connectivity index (χ4v) is 2.74. The summed E-state index contributed by atoms with van der Waals surface area (Å²) in [7, 11) is 0. The van der Waals surface area contributed by atoms with Gasteiger partial charge in [0.2, 0.25) is 0 Å². The van der Waals surface area contributed by atoms with Gasteiger partial charge in [-0.1, -0.05) is 31.2 Å². The standard InChI is InChI=1S/C18H19N3/c1-3-21-18(16-11-19-9-8-13(16)2)17-12-20-10-14-6-4-5-7-15(14)17/h4-12,18,21H,3H2,1-2H3. The molecule has 106 valence electrons. The Morgan fingerprint density at radius 2 is 1.81 bits per heavy atom. The average Bonchev–Trinajstić information content (AvgIpc) is 2.53. The summed E-state index contributed by atoms with van der Waals surface area (Å²) in [6, 6.07) is 10.5. The highest BCUT2D eigenvalue weighted by atomic mass is 14.9. The molecule has 3 rings (SSSR count). The van der Waals surface area contributed by atoms with E-state index >= 15 is 0 Å². The molecular weight excluding hydrogens is 258 g/mol. The lowest BCUT2D eigenvalue weighted by molar-refractivity contribution is 0.627. The van der Waals surface area contributed by atoms with E-state index in [4.69, 9.17) is 0 Å². The van der Waals surface area contributed by atoms with Crippen LogP contribution in [0.5, 0.6) is 0 Å². The van der Waals surface area contributed by atoms with Gasteiger partial charge in [-0.2, -0.15) is 0 Å². The number of benzene rings is 1. The molecule has 2 aromatic heterocycles. The molecule has 0 fully saturated rings. The normalized spacial score (nSPS) is 12.5. The Hall–Kier alpha value is -2.26. The third kappa shape index (κ3) is 2.65. The molecule has 0 aliphatic heterocycles. The van der Waals surface area contributed by atoms with E-state index in [0.717, 1.165) is 6.54 Å². The number of aromatic nitrogens is 2. The van der Waals surface area contributed by atoms with Gasteiger partial charge in [0.25, 0.3) is 0 Å².